The monoisotopic (exact) mass is 326 g/mol. The van der Waals surface area contributed by atoms with Crippen LogP contribution >= 0.6 is 0 Å². The van der Waals surface area contributed by atoms with Crippen molar-refractivity contribution < 1.29 is 9.90 Å². The number of fused-ring (bicyclic) bond motifs is 1. The number of hydrogen-bond acceptors (Lipinski definition) is 2. The van der Waals surface area contributed by atoms with Gasteiger partial charge in [-0.3, -0.25) is 4.79 Å². The number of aryl methyl sites for hydroxylation is 2. The van der Waals surface area contributed by atoms with Crippen molar-refractivity contribution >= 4 is 16.9 Å². The summed E-state index contributed by atoms with van der Waals surface area (Å²) in [6.07, 6.45) is 0. The van der Waals surface area contributed by atoms with E-state index < -0.39 is 0 Å². The molecule has 0 radical (unpaired) electrons. The van der Waals surface area contributed by atoms with E-state index in [0.29, 0.717) is 11.1 Å². The van der Waals surface area contributed by atoms with Gasteiger partial charge < -0.3 is 5.11 Å². The molecule has 25 heavy (non-hydrogen) atoms. The Morgan fingerprint density at radius 1 is 0.640 bits per heavy atom. The average molecular weight is 326 g/mol. The largest absolute Gasteiger partial charge is 0.508 e. The highest BCUT2D eigenvalue weighted by Gasteiger charge is 2.32. The van der Waals surface area contributed by atoms with Crippen molar-refractivity contribution in [3.8, 4) is 5.75 Å². The Hall–Kier alpha value is -3.13. The third-order valence-corrected chi connectivity index (χ3v) is 4.82. The molecule has 0 aliphatic heterocycles. The topological polar surface area (TPSA) is 37.3 Å². The number of carbonyl (C=O) groups is 1. The molecular formula is C23H18O2. The van der Waals surface area contributed by atoms with Gasteiger partial charge in [0, 0.05) is 16.7 Å². The molecule has 0 atom stereocenters. The minimum Gasteiger partial charge on any atom is -0.508 e. The van der Waals surface area contributed by atoms with Crippen LogP contribution in [0.4, 0.5) is 0 Å². The van der Waals surface area contributed by atoms with Crippen LogP contribution in [0.25, 0.3) is 11.1 Å². The predicted octanol–water partition coefficient (Wildman–Crippen LogP) is 5.16. The number of phenolic OH excluding ortho intramolecular Hbond substituents is 1. The number of allylic oxidation sites excluding steroid dienone is 1. The number of Topliss-reactive ketones (excluding diaryl/α,β-unsaturated/α-hetero) is 1. The molecule has 0 unspecified atom stereocenters. The van der Waals surface area contributed by atoms with E-state index in [-0.39, 0.29) is 11.5 Å². The maximum atomic E-state index is 13.2. The summed E-state index contributed by atoms with van der Waals surface area (Å²) >= 11 is 0. The Bertz CT molecular complexity index is 1040. The Kier molecular flexibility index (Phi) is 3.54. The molecule has 1 N–H and O–H groups in total. The number of aromatic hydroxyl groups is 1. The van der Waals surface area contributed by atoms with Crippen molar-refractivity contribution in [1.29, 1.82) is 0 Å². The Labute approximate surface area is 147 Å². The van der Waals surface area contributed by atoms with Gasteiger partial charge in [-0.15, -0.1) is 0 Å². The highest BCUT2D eigenvalue weighted by Crippen LogP contribution is 2.44. The normalized spacial score (nSPS) is 13.3. The second kappa shape index (κ2) is 5.75. The lowest BCUT2D eigenvalue weighted by molar-refractivity contribution is 0.105. The summed E-state index contributed by atoms with van der Waals surface area (Å²) < 4.78 is 0. The molecule has 4 rings (SSSR count). The van der Waals surface area contributed by atoms with Crippen LogP contribution in [0.3, 0.4) is 0 Å². The molecule has 0 saturated heterocycles. The van der Waals surface area contributed by atoms with E-state index in [1.807, 2.05) is 49.4 Å². The molecule has 0 fully saturated rings. The van der Waals surface area contributed by atoms with Crippen molar-refractivity contribution in [1.82, 2.24) is 0 Å². The summed E-state index contributed by atoms with van der Waals surface area (Å²) in [5.74, 6) is 0.0840. The molecule has 1 aliphatic carbocycles. The third-order valence-electron chi connectivity index (χ3n) is 4.82. The van der Waals surface area contributed by atoms with Crippen LogP contribution in [-0.2, 0) is 0 Å². The molecular weight excluding hydrogens is 308 g/mol. The van der Waals surface area contributed by atoms with Gasteiger partial charge in [0.15, 0.2) is 5.78 Å². The highest BCUT2D eigenvalue weighted by atomic mass is 16.3. The zero-order valence-corrected chi connectivity index (χ0v) is 14.2. The average Bonchev–Trinajstić information content (AvgIpc) is 2.88. The van der Waals surface area contributed by atoms with Crippen LogP contribution in [-0.4, -0.2) is 10.9 Å². The zero-order valence-electron chi connectivity index (χ0n) is 14.2. The first-order valence-corrected chi connectivity index (χ1v) is 8.32. The summed E-state index contributed by atoms with van der Waals surface area (Å²) in [5.41, 5.74) is 7.30. The molecule has 0 aromatic heterocycles. The predicted molar refractivity (Wildman–Crippen MR) is 101 cm³/mol. The van der Waals surface area contributed by atoms with E-state index in [0.717, 1.165) is 33.4 Å². The van der Waals surface area contributed by atoms with Gasteiger partial charge in [0.25, 0.3) is 0 Å². The zero-order chi connectivity index (χ0) is 17.6. The minimum atomic E-state index is -0.0292. The van der Waals surface area contributed by atoms with Crippen LogP contribution in [0.5, 0.6) is 5.75 Å². The lowest BCUT2D eigenvalue weighted by Crippen LogP contribution is -2.00. The van der Waals surface area contributed by atoms with Crippen LogP contribution in [0.1, 0.15) is 38.2 Å². The van der Waals surface area contributed by atoms with Gasteiger partial charge in [0.1, 0.15) is 5.75 Å². The fourth-order valence-corrected chi connectivity index (χ4v) is 3.56. The fourth-order valence-electron chi connectivity index (χ4n) is 3.56. The second-order valence-corrected chi connectivity index (χ2v) is 6.44. The molecule has 2 heteroatoms. The smallest absolute Gasteiger partial charge is 0.195 e. The van der Waals surface area contributed by atoms with E-state index in [9.17, 15) is 9.90 Å². The van der Waals surface area contributed by atoms with Crippen LogP contribution in [0.15, 0.2) is 66.7 Å². The Morgan fingerprint density at radius 2 is 1.20 bits per heavy atom. The maximum absolute atomic E-state index is 13.2. The fraction of sp³-hybridized carbons (Fsp3) is 0.0870. The highest BCUT2D eigenvalue weighted by molar-refractivity contribution is 6.41. The lowest BCUT2D eigenvalue weighted by atomic mass is 9.90. The quantitative estimate of drug-likeness (QED) is 0.706. The summed E-state index contributed by atoms with van der Waals surface area (Å²) in [7, 11) is 0. The molecule has 1 aliphatic rings. The van der Waals surface area contributed by atoms with Gasteiger partial charge in [-0.05, 0) is 59.9 Å². The van der Waals surface area contributed by atoms with E-state index in [2.05, 4.69) is 19.1 Å². The van der Waals surface area contributed by atoms with Gasteiger partial charge in [-0.2, -0.15) is 0 Å². The molecule has 122 valence electrons. The van der Waals surface area contributed by atoms with Crippen LogP contribution in [0, 0.1) is 13.8 Å². The van der Waals surface area contributed by atoms with Gasteiger partial charge in [0.2, 0.25) is 0 Å². The molecule has 0 amide bonds. The second-order valence-electron chi connectivity index (χ2n) is 6.44. The number of carbonyl (C=O) groups excluding carboxylic acids is 1. The lowest BCUT2D eigenvalue weighted by Gasteiger charge is -2.13. The third kappa shape index (κ3) is 2.38. The van der Waals surface area contributed by atoms with Crippen LogP contribution in [0.2, 0.25) is 0 Å². The molecule has 0 heterocycles. The van der Waals surface area contributed by atoms with E-state index in [4.69, 9.17) is 0 Å². The van der Waals surface area contributed by atoms with Crippen molar-refractivity contribution in [2.45, 2.75) is 13.8 Å². The maximum Gasteiger partial charge on any atom is 0.195 e. The van der Waals surface area contributed by atoms with E-state index >= 15 is 0 Å². The van der Waals surface area contributed by atoms with Gasteiger partial charge in [0.05, 0.1) is 0 Å². The first-order chi connectivity index (χ1) is 12.1. The Balaban J connectivity index is 2.10. The summed E-state index contributed by atoms with van der Waals surface area (Å²) in [4.78, 5) is 13.2. The molecule has 3 aromatic rings. The number of ketones is 1. The molecule has 2 nitrogen and oxygen atoms in total. The van der Waals surface area contributed by atoms with Crippen molar-refractivity contribution in [3.63, 3.8) is 0 Å². The number of phenols is 1. The molecule has 0 spiro atoms. The minimum absolute atomic E-state index is 0.0292. The van der Waals surface area contributed by atoms with Gasteiger partial charge in [-0.1, -0.05) is 48.5 Å². The van der Waals surface area contributed by atoms with E-state index in [1.54, 1.807) is 12.1 Å². The first kappa shape index (κ1) is 15.4. The number of benzene rings is 3. The number of hydrogen-bond donors (Lipinski definition) is 1. The summed E-state index contributed by atoms with van der Waals surface area (Å²) in [6, 6.07) is 21.1. The first-order valence-electron chi connectivity index (χ1n) is 8.32. The standard InChI is InChI=1S/C23H18O2/c1-14-7-3-5-9-17(14)21-19-12-11-16(24)13-20(19)23(25)22(21)18-10-6-4-8-15(18)2/h3-13,24H,1-2H3. The Morgan fingerprint density at radius 3 is 1.80 bits per heavy atom. The number of rotatable bonds is 2. The van der Waals surface area contributed by atoms with Crippen LogP contribution < -0.4 is 0 Å². The van der Waals surface area contributed by atoms with Crippen molar-refractivity contribution in [3.05, 3.63) is 100 Å². The van der Waals surface area contributed by atoms with E-state index in [1.165, 1.54) is 0 Å². The van der Waals surface area contributed by atoms with Crippen molar-refractivity contribution in [2.75, 3.05) is 0 Å². The van der Waals surface area contributed by atoms with Crippen molar-refractivity contribution in [2.24, 2.45) is 0 Å². The molecule has 0 bridgehead atoms. The molecule has 3 aromatic carbocycles. The van der Waals surface area contributed by atoms with Gasteiger partial charge in [-0.25, -0.2) is 0 Å². The van der Waals surface area contributed by atoms with Gasteiger partial charge >= 0.3 is 0 Å². The summed E-state index contributed by atoms with van der Waals surface area (Å²) in [6.45, 7) is 4.08. The SMILES string of the molecule is Cc1ccccc1C1=C(c2ccccc2C)c2ccc(O)cc2C1=O. The molecule has 0 saturated carbocycles. The summed E-state index contributed by atoms with van der Waals surface area (Å²) in [5, 5.41) is 9.87.